The van der Waals surface area contributed by atoms with Gasteiger partial charge in [-0.05, 0) is 75.8 Å². The van der Waals surface area contributed by atoms with Gasteiger partial charge < -0.3 is 29.4 Å². The molecule has 3 atom stereocenters. The lowest BCUT2D eigenvalue weighted by Crippen LogP contribution is -2.49. The molecule has 0 fully saturated rings. The fourth-order valence-electron chi connectivity index (χ4n) is 7.06. The minimum absolute atomic E-state index is 0.0113. The van der Waals surface area contributed by atoms with Crippen LogP contribution in [-0.4, -0.2) is 75.8 Å². The molecule has 0 bridgehead atoms. The van der Waals surface area contributed by atoms with Crippen molar-refractivity contribution in [3.8, 4) is 0 Å². The van der Waals surface area contributed by atoms with E-state index in [0.717, 1.165) is 5.56 Å². The summed E-state index contributed by atoms with van der Waals surface area (Å²) in [7, 11) is 0. The Morgan fingerprint density at radius 1 is 0.817 bits per heavy atom. The number of hydrogen-bond acceptors (Lipinski definition) is 12. The minimum Gasteiger partial charge on any atom is -0.462 e. The van der Waals surface area contributed by atoms with Crippen molar-refractivity contribution in [1.29, 1.82) is 0 Å². The number of nitrogens with zero attached hydrogens (tertiary/aromatic N) is 3. The first-order valence-corrected chi connectivity index (χ1v) is 20.3. The summed E-state index contributed by atoms with van der Waals surface area (Å²) in [6.45, 7) is 15.8. The third-order valence-electron chi connectivity index (χ3n) is 10.4. The summed E-state index contributed by atoms with van der Waals surface area (Å²) in [6, 6.07) is 15.3. The fourth-order valence-corrected chi connectivity index (χ4v) is 7.06. The highest BCUT2D eigenvalue weighted by molar-refractivity contribution is 5.94. The maximum atomic E-state index is 13.9. The summed E-state index contributed by atoms with van der Waals surface area (Å²) in [5.74, 6) is -4.37. The standard InChI is InChI=1S/C45H63FN4O10/c1-31(39(54)59-27-32-16-11-10-12-17-32)38(53)57-22-23-58-41(56)45(9,29-42(2,3)4)44(7,8)30-43(5,6)40(55)60-28-35(51)26-50-25-34(48-49-50)19-15-21-37(52)47-24-33-18-13-14-20-36(33)46/h10-14,16-18,20,25,31,35,51H,15,19,21-24,26-30H2,1-9H3,(H,47,52). The van der Waals surface area contributed by atoms with Crippen LogP contribution in [0.1, 0.15) is 105 Å². The van der Waals surface area contributed by atoms with Gasteiger partial charge in [0.25, 0.3) is 0 Å². The van der Waals surface area contributed by atoms with Crippen molar-refractivity contribution >= 4 is 29.8 Å². The number of aliphatic hydroxyl groups excluding tert-OH is 1. The van der Waals surface area contributed by atoms with E-state index in [-0.39, 0.29) is 69.5 Å². The molecule has 0 aliphatic rings. The number of aromatic nitrogens is 3. The summed E-state index contributed by atoms with van der Waals surface area (Å²) >= 11 is 0. The number of nitrogens with one attached hydrogen (secondary N) is 1. The largest absolute Gasteiger partial charge is 0.462 e. The highest BCUT2D eigenvalue weighted by Gasteiger charge is 2.53. The zero-order valence-corrected chi connectivity index (χ0v) is 36.5. The highest BCUT2D eigenvalue weighted by atomic mass is 19.1. The summed E-state index contributed by atoms with van der Waals surface area (Å²) in [6.07, 6.45) is 2.36. The lowest BCUT2D eigenvalue weighted by molar-refractivity contribution is -0.175. The second-order valence-electron chi connectivity index (χ2n) is 18.0. The molecule has 0 spiro atoms. The topological polar surface area (TPSA) is 185 Å². The van der Waals surface area contributed by atoms with Crippen LogP contribution in [0.4, 0.5) is 4.39 Å². The molecule has 330 valence electrons. The van der Waals surface area contributed by atoms with Gasteiger partial charge in [0.05, 0.1) is 23.1 Å². The zero-order valence-electron chi connectivity index (χ0n) is 36.5. The summed E-state index contributed by atoms with van der Waals surface area (Å²) in [5, 5.41) is 21.6. The van der Waals surface area contributed by atoms with E-state index in [1.54, 1.807) is 57.3 Å². The van der Waals surface area contributed by atoms with Crippen molar-refractivity contribution in [1.82, 2.24) is 20.3 Å². The van der Waals surface area contributed by atoms with E-state index in [0.29, 0.717) is 30.5 Å². The van der Waals surface area contributed by atoms with Crippen LogP contribution in [0.15, 0.2) is 60.8 Å². The molecule has 3 unspecified atom stereocenters. The quantitative estimate of drug-likeness (QED) is 0.0470. The molecule has 1 amide bonds. The molecule has 1 heterocycles. The Bertz CT molecular complexity index is 1890. The predicted octanol–water partition coefficient (Wildman–Crippen LogP) is 6.31. The molecule has 0 saturated heterocycles. The summed E-state index contributed by atoms with van der Waals surface area (Å²) < 4.78 is 37.0. The third kappa shape index (κ3) is 15.4. The van der Waals surface area contributed by atoms with E-state index in [2.05, 4.69) is 15.6 Å². The van der Waals surface area contributed by atoms with Crippen LogP contribution in [0.3, 0.4) is 0 Å². The van der Waals surface area contributed by atoms with Gasteiger partial charge in [-0.1, -0.05) is 88.4 Å². The number of benzene rings is 2. The van der Waals surface area contributed by atoms with Crippen LogP contribution in [0.5, 0.6) is 0 Å². The van der Waals surface area contributed by atoms with Crippen LogP contribution in [-0.2, 0) is 69.0 Å². The van der Waals surface area contributed by atoms with Crippen molar-refractivity contribution in [2.75, 3.05) is 19.8 Å². The molecule has 3 aromatic rings. The van der Waals surface area contributed by atoms with Crippen molar-refractivity contribution in [3.63, 3.8) is 0 Å². The van der Waals surface area contributed by atoms with E-state index in [1.807, 2.05) is 52.8 Å². The molecule has 60 heavy (non-hydrogen) atoms. The Morgan fingerprint density at radius 2 is 1.45 bits per heavy atom. The Hall–Kier alpha value is -5.18. The molecule has 3 rings (SSSR count). The number of aliphatic hydroxyl groups is 1. The fraction of sp³-hybridized carbons (Fsp3) is 0.578. The van der Waals surface area contributed by atoms with Gasteiger partial charge in [0.2, 0.25) is 5.91 Å². The van der Waals surface area contributed by atoms with Crippen LogP contribution >= 0.6 is 0 Å². The molecule has 2 aromatic carbocycles. The molecule has 0 radical (unpaired) electrons. The maximum Gasteiger partial charge on any atom is 0.320 e. The Balaban J connectivity index is 1.47. The summed E-state index contributed by atoms with van der Waals surface area (Å²) in [5.41, 5.74) is -1.50. The van der Waals surface area contributed by atoms with Crippen LogP contribution < -0.4 is 5.32 Å². The van der Waals surface area contributed by atoms with Gasteiger partial charge >= 0.3 is 23.9 Å². The Kier molecular flexibility index (Phi) is 17.9. The molecular weight excluding hydrogens is 776 g/mol. The third-order valence-corrected chi connectivity index (χ3v) is 10.4. The van der Waals surface area contributed by atoms with Gasteiger partial charge in [0, 0.05) is 24.7 Å². The molecule has 1 aromatic heterocycles. The second kappa shape index (κ2) is 21.9. The number of carbonyl (C=O) groups is 5. The maximum absolute atomic E-state index is 13.9. The Labute approximate surface area is 352 Å². The normalized spacial score (nSPS) is 14.0. The lowest BCUT2D eigenvalue weighted by Gasteiger charge is -2.48. The molecule has 0 saturated carbocycles. The molecule has 2 N–H and O–H groups in total. The zero-order chi connectivity index (χ0) is 44.7. The smallest absolute Gasteiger partial charge is 0.320 e. The second-order valence-corrected chi connectivity index (χ2v) is 18.0. The number of amides is 1. The number of rotatable bonds is 23. The van der Waals surface area contributed by atoms with Gasteiger partial charge in [-0.3, -0.25) is 24.0 Å². The van der Waals surface area contributed by atoms with Crippen LogP contribution in [0.25, 0.3) is 0 Å². The number of aryl methyl sites for hydroxylation is 1. The van der Waals surface area contributed by atoms with E-state index < -0.39 is 52.1 Å². The molecule has 15 heteroatoms. The first-order chi connectivity index (χ1) is 28.0. The first-order valence-electron chi connectivity index (χ1n) is 20.3. The molecule has 0 aliphatic heterocycles. The van der Waals surface area contributed by atoms with Gasteiger partial charge in [-0.25, -0.2) is 9.07 Å². The number of ether oxygens (including phenoxy) is 4. The summed E-state index contributed by atoms with van der Waals surface area (Å²) in [4.78, 5) is 64.5. The molecule has 14 nitrogen and oxygen atoms in total. The van der Waals surface area contributed by atoms with Crippen LogP contribution in [0, 0.1) is 33.4 Å². The molecule has 0 aliphatic carbocycles. The van der Waals surface area contributed by atoms with Gasteiger partial charge in [0.15, 0.2) is 5.92 Å². The van der Waals surface area contributed by atoms with Crippen molar-refractivity contribution in [3.05, 3.63) is 83.4 Å². The van der Waals surface area contributed by atoms with Crippen LogP contribution in [0.2, 0.25) is 0 Å². The number of halogens is 1. The monoisotopic (exact) mass is 838 g/mol. The van der Waals surface area contributed by atoms with E-state index in [9.17, 15) is 33.5 Å². The van der Waals surface area contributed by atoms with Crippen molar-refractivity contribution < 1.29 is 52.4 Å². The highest BCUT2D eigenvalue weighted by Crippen LogP contribution is 2.53. The van der Waals surface area contributed by atoms with Gasteiger partial charge in [-0.2, -0.15) is 0 Å². The first kappa shape index (κ1) is 49.2. The average Bonchev–Trinajstić information content (AvgIpc) is 3.62. The average molecular weight is 839 g/mol. The van der Waals surface area contributed by atoms with E-state index in [1.165, 1.54) is 17.7 Å². The minimum atomic E-state index is -1.17. The predicted molar refractivity (Wildman–Crippen MR) is 220 cm³/mol. The van der Waals surface area contributed by atoms with Gasteiger partial charge in [0.1, 0.15) is 38.3 Å². The van der Waals surface area contributed by atoms with Crippen molar-refractivity contribution in [2.24, 2.45) is 27.6 Å². The van der Waals surface area contributed by atoms with Gasteiger partial charge in [-0.15, -0.1) is 5.10 Å². The number of esters is 4. The van der Waals surface area contributed by atoms with Crippen molar-refractivity contribution in [2.45, 2.75) is 120 Å². The number of hydrogen-bond donors (Lipinski definition) is 2. The Morgan fingerprint density at radius 3 is 2.12 bits per heavy atom. The van der Waals surface area contributed by atoms with E-state index >= 15 is 0 Å². The number of carbonyl (C=O) groups excluding carboxylic acids is 5. The van der Waals surface area contributed by atoms with E-state index in [4.69, 9.17) is 18.9 Å². The molecular formula is C45H63FN4O10. The lowest BCUT2D eigenvalue weighted by atomic mass is 9.56. The SMILES string of the molecule is CC(C(=O)OCCOC(=O)C(C)(CC(C)(C)C)C(C)(C)CC(C)(C)C(=O)OCC(O)Cn1cc(CCCC(=O)NCc2ccccc2F)nn1)C(=O)OCc1ccccc1.